The van der Waals surface area contributed by atoms with Crippen LogP contribution in [0.1, 0.15) is 44.6 Å². The highest BCUT2D eigenvalue weighted by Crippen LogP contribution is 2.32. The average Bonchev–Trinajstić information content (AvgIpc) is 2.41. The van der Waals surface area contributed by atoms with Gasteiger partial charge < -0.3 is 4.90 Å². The third-order valence-electron chi connectivity index (χ3n) is 3.74. The van der Waals surface area contributed by atoms with Crippen molar-refractivity contribution in [3.8, 4) is 0 Å². The molecule has 18 heavy (non-hydrogen) atoms. The Balaban J connectivity index is 2.35. The molecule has 1 amide bonds. The quantitative estimate of drug-likeness (QED) is 0.770. The number of carbonyl (C=O) groups excluding carboxylic acids is 1. The zero-order valence-corrected chi connectivity index (χ0v) is 12.6. The van der Waals surface area contributed by atoms with Gasteiger partial charge in [0.25, 0.3) is 0 Å². The summed E-state index contributed by atoms with van der Waals surface area (Å²) >= 11 is 3.48. The molecule has 2 nitrogen and oxygen atoms in total. The molecule has 1 aliphatic rings. The van der Waals surface area contributed by atoms with Crippen LogP contribution in [0.15, 0.2) is 24.3 Å². The fraction of sp³-hybridized carbons (Fsp3) is 0.533. The Morgan fingerprint density at radius 2 is 2.17 bits per heavy atom. The van der Waals surface area contributed by atoms with Crippen molar-refractivity contribution >= 4 is 27.5 Å². The largest absolute Gasteiger partial charge is 0.311 e. The van der Waals surface area contributed by atoms with Gasteiger partial charge in [-0.15, -0.1) is 0 Å². The maximum absolute atomic E-state index is 12.3. The lowest BCUT2D eigenvalue weighted by Gasteiger charge is -2.32. The number of carbonyl (C=O) groups is 1. The molecule has 98 valence electrons. The van der Waals surface area contributed by atoms with E-state index >= 15 is 0 Å². The van der Waals surface area contributed by atoms with Gasteiger partial charge >= 0.3 is 0 Å². The Bertz CT molecular complexity index is 432. The number of rotatable bonds is 3. The summed E-state index contributed by atoms with van der Waals surface area (Å²) in [7, 11) is 0. The Morgan fingerprint density at radius 1 is 1.44 bits per heavy atom. The molecule has 1 aromatic rings. The van der Waals surface area contributed by atoms with Crippen molar-refractivity contribution in [1.29, 1.82) is 0 Å². The minimum absolute atomic E-state index is 0.0174. The molecular weight excluding hydrogens is 290 g/mol. The fourth-order valence-corrected chi connectivity index (χ4v) is 3.01. The van der Waals surface area contributed by atoms with Gasteiger partial charge in [0, 0.05) is 12.2 Å². The van der Waals surface area contributed by atoms with E-state index in [1.165, 1.54) is 5.56 Å². The number of anilines is 1. The molecule has 0 aliphatic carbocycles. The van der Waals surface area contributed by atoms with E-state index in [0.717, 1.165) is 31.5 Å². The molecule has 0 N–H and O–H groups in total. The minimum atomic E-state index is -0.0174. The first-order valence-corrected chi connectivity index (χ1v) is 7.61. The Hall–Kier alpha value is -0.830. The third kappa shape index (κ3) is 2.61. The Morgan fingerprint density at radius 3 is 2.89 bits per heavy atom. The summed E-state index contributed by atoms with van der Waals surface area (Å²) in [5, 5.41) is 0. The van der Waals surface area contributed by atoms with E-state index in [2.05, 4.69) is 48.0 Å². The number of nitrogens with zero attached hydrogens (tertiary/aromatic N) is 1. The molecule has 1 heterocycles. The smallest absolute Gasteiger partial charge is 0.240 e. The van der Waals surface area contributed by atoms with E-state index in [1.807, 2.05) is 11.0 Å². The van der Waals surface area contributed by atoms with Crippen molar-refractivity contribution in [3.63, 3.8) is 0 Å². The SMILES string of the molecule is CCC(C)c1ccccc1N1CCCC(Br)C1=O. The molecule has 3 heteroatoms. The third-order valence-corrected chi connectivity index (χ3v) is 4.59. The van der Waals surface area contributed by atoms with Crippen LogP contribution in [0.25, 0.3) is 0 Å². The average molecular weight is 310 g/mol. The van der Waals surface area contributed by atoms with Crippen LogP contribution in [0.4, 0.5) is 5.69 Å². The number of benzene rings is 1. The van der Waals surface area contributed by atoms with Crippen molar-refractivity contribution < 1.29 is 4.79 Å². The lowest BCUT2D eigenvalue weighted by molar-refractivity contribution is -0.118. The van der Waals surface area contributed by atoms with E-state index in [0.29, 0.717) is 5.92 Å². The number of amides is 1. The number of hydrogen-bond acceptors (Lipinski definition) is 1. The van der Waals surface area contributed by atoms with Crippen molar-refractivity contribution in [3.05, 3.63) is 29.8 Å². The standard InChI is InChI=1S/C15H20BrNO/c1-3-11(2)12-7-4-5-9-14(12)17-10-6-8-13(16)15(17)18/h4-5,7,9,11,13H,3,6,8,10H2,1-2H3. The summed E-state index contributed by atoms with van der Waals surface area (Å²) in [4.78, 5) is 14.2. The molecule has 0 spiro atoms. The van der Waals surface area contributed by atoms with Gasteiger partial charge in [0.15, 0.2) is 0 Å². The van der Waals surface area contributed by atoms with Crippen LogP contribution < -0.4 is 4.90 Å². The molecule has 2 unspecified atom stereocenters. The normalized spacial score (nSPS) is 22.1. The summed E-state index contributed by atoms with van der Waals surface area (Å²) in [6.07, 6.45) is 3.11. The summed E-state index contributed by atoms with van der Waals surface area (Å²) in [6.45, 7) is 5.25. The maximum Gasteiger partial charge on any atom is 0.240 e. The number of para-hydroxylation sites is 1. The van der Waals surface area contributed by atoms with Crippen LogP contribution in [0.5, 0.6) is 0 Å². The van der Waals surface area contributed by atoms with Crippen LogP contribution in [0.2, 0.25) is 0 Å². The first-order valence-electron chi connectivity index (χ1n) is 6.69. The monoisotopic (exact) mass is 309 g/mol. The van der Waals surface area contributed by atoms with E-state index < -0.39 is 0 Å². The van der Waals surface area contributed by atoms with Crippen LogP contribution in [-0.4, -0.2) is 17.3 Å². The molecule has 0 saturated carbocycles. The summed E-state index contributed by atoms with van der Waals surface area (Å²) in [6, 6.07) is 8.30. The minimum Gasteiger partial charge on any atom is -0.311 e. The molecule has 0 bridgehead atoms. The molecule has 1 aromatic carbocycles. The van der Waals surface area contributed by atoms with Gasteiger partial charge in [0.05, 0.1) is 4.83 Å². The summed E-state index contributed by atoms with van der Waals surface area (Å²) in [5.74, 6) is 0.696. The highest BCUT2D eigenvalue weighted by molar-refractivity contribution is 9.10. The van der Waals surface area contributed by atoms with Gasteiger partial charge in [0.2, 0.25) is 5.91 Å². The molecular formula is C15H20BrNO. The van der Waals surface area contributed by atoms with Crippen LogP contribution >= 0.6 is 15.9 Å². The summed E-state index contributed by atoms with van der Waals surface area (Å²) < 4.78 is 0. The fourth-order valence-electron chi connectivity index (χ4n) is 2.44. The molecule has 2 atom stereocenters. The van der Waals surface area contributed by atoms with Crippen LogP contribution in [0.3, 0.4) is 0 Å². The number of piperidine rings is 1. The maximum atomic E-state index is 12.3. The van der Waals surface area contributed by atoms with E-state index in [1.54, 1.807) is 0 Å². The Kier molecular flexibility index (Phi) is 4.44. The van der Waals surface area contributed by atoms with Crippen molar-refractivity contribution in [2.24, 2.45) is 0 Å². The van der Waals surface area contributed by atoms with Gasteiger partial charge in [-0.25, -0.2) is 0 Å². The highest BCUT2D eigenvalue weighted by atomic mass is 79.9. The Labute approximate surface area is 117 Å². The molecule has 1 saturated heterocycles. The number of hydrogen-bond donors (Lipinski definition) is 0. The first kappa shape index (κ1) is 13.6. The first-order chi connectivity index (χ1) is 8.65. The van der Waals surface area contributed by atoms with Gasteiger partial charge in [-0.05, 0) is 36.8 Å². The van der Waals surface area contributed by atoms with E-state index in [-0.39, 0.29) is 10.7 Å². The van der Waals surface area contributed by atoms with Gasteiger partial charge in [-0.3, -0.25) is 4.79 Å². The molecule has 0 aromatic heterocycles. The second-order valence-electron chi connectivity index (χ2n) is 4.97. The van der Waals surface area contributed by atoms with Crippen LogP contribution in [-0.2, 0) is 4.79 Å². The molecule has 1 fully saturated rings. The number of halogens is 1. The zero-order valence-electron chi connectivity index (χ0n) is 11.0. The lowest BCUT2D eigenvalue weighted by atomic mass is 9.95. The highest BCUT2D eigenvalue weighted by Gasteiger charge is 2.29. The van der Waals surface area contributed by atoms with Crippen molar-refractivity contribution in [2.75, 3.05) is 11.4 Å². The van der Waals surface area contributed by atoms with Crippen molar-refractivity contribution in [2.45, 2.75) is 43.9 Å². The van der Waals surface area contributed by atoms with E-state index in [4.69, 9.17) is 0 Å². The molecule has 2 rings (SSSR count). The topological polar surface area (TPSA) is 20.3 Å². The van der Waals surface area contributed by atoms with Crippen LogP contribution in [0, 0.1) is 0 Å². The summed E-state index contributed by atoms with van der Waals surface area (Å²) in [5.41, 5.74) is 2.39. The predicted octanol–water partition coefficient (Wildman–Crippen LogP) is 4.09. The molecule has 0 radical (unpaired) electrons. The predicted molar refractivity (Wildman–Crippen MR) is 79.5 cm³/mol. The second kappa shape index (κ2) is 5.87. The molecule has 1 aliphatic heterocycles. The second-order valence-corrected chi connectivity index (χ2v) is 6.07. The lowest BCUT2D eigenvalue weighted by Crippen LogP contribution is -2.42. The van der Waals surface area contributed by atoms with Gasteiger partial charge in [-0.1, -0.05) is 48.0 Å². The van der Waals surface area contributed by atoms with Gasteiger partial charge in [0.1, 0.15) is 0 Å². The van der Waals surface area contributed by atoms with E-state index in [9.17, 15) is 4.79 Å². The number of alkyl halides is 1. The van der Waals surface area contributed by atoms with Gasteiger partial charge in [-0.2, -0.15) is 0 Å². The zero-order chi connectivity index (χ0) is 13.1. The van der Waals surface area contributed by atoms with Crippen molar-refractivity contribution in [1.82, 2.24) is 0 Å².